The maximum Gasteiger partial charge on any atom is 0.301 e. The summed E-state index contributed by atoms with van der Waals surface area (Å²) in [7, 11) is 1.58. The number of ether oxygens (including phenoxy) is 2. The number of imidazole rings is 1. The number of aliphatic hydroxyl groups is 1. The lowest BCUT2D eigenvalue weighted by Crippen LogP contribution is -2.29. The molecule has 3 aromatic heterocycles. The average Bonchev–Trinajstić information content (AvgIpc) is 3.72. The maximum absolute atomic E-state index is 13.8. The van der Waals surface area contributed by atoms with Crippen LogP contribution < -0.4 is 14.4 Å². The number of hydrogen-bond donors (Lipinski definition) is 1. The number of thiazole rings is 1. The van der Waals surface area contributed by atoms with E-state index in [2.05, 4.69) is 4.98 Å². The number of aromatic nitrogens is 3. The van der Waals surface area contributed by atoms with Crippen molar-refractivity contribution in [1.29, 1.82) is 0 Å². The van der Waals surface area contributed by atoms with Gasteiger partial charge in [0, 0.05) is 6.20 Å². The van der Waals surface area contributed by atoms with Crippen molar-refractivity contribution in [3.05, 3.63) is 125 Å². The van der Waals surface area contributed by atoms with E-state index in [4.69, 9.17) is 14.5 Å². The van der Waals surface area contributed by atoms with Crippen molar-refractivity contribution >= 4 is 49.8 Å². The van der Waals surface area contributed by atoms with Gasteiger partial charge in [0.2, 0.25) is 0 Å². The van der Waals surface area contributed by atoms with Crippen LogP contribution in [0.1, 0.15) is 34.1 Å². The van der Waals surface area contributed by atoms with Gasteiger partial charge in [0.1, 0.15) is 29.4 Å². The maximum atomic E-state index is 13.8. The summed E-state index contributed by atoms with van der Waals surface area (Å²) >= 11 is 1.27. The molecule has 1 N–H and O–H groups in total. The number of benzene rings is 3. The molecule has 1 fully saturated rings. The summed E-state index contributed by atoms with van der Waals surface area (Å²) in [6.07, 6.45) is 1.85. The van der Waals surface area contributed by atoms with Gasteiger partial charge in [0.15, 0.2) is 10.9 Å². The predicted octanol–water partition coefficient (Wildman–Crippen LogP) is 6.77. The molecule has 1 saturated heterocycles. The molecule has 0 saturated carbocycles. The fourth-order valence-electron chi connectivity index (χ4n) is 5.63. The van der Waals surface area contributed by atoms with Gasteiger partial charge in [-0.3, -0.25) is 14.5 Å². The Labute approximate surface area is 262 Å². The lowest BCUT2D eigenvalue weighted by atomic mass is 9.96. The van der Waals surface area contributed by atoms with Gasteiger partial charge in [-0.1, -0.05) is 59.9 Å². The topological polar surface area (TPSA) is 106 Å². The molecule has 1 atom stereocenters. The lowest BCUT2D eigenvalue weighted by Gasteiger charge is -2.23. The SMILES string of the molecule is COc1ccc2nc(N3C(=O)C(=O)/C(=C(/O)c4nc5c(C)cccn5c4C)C3c3ccc(OCc4ccccc4)cc3)sc2c1. The van der Waals surface area contributed by atoms with Crippen LogP contribution >= 0.6 is 11.3 Å². The first kappa shape index (κ1) is 28.3. The largest absolute Gasteiger partial charge is 0.505 e. The number of carbonyl (C=O) groups is 2. The van der Waals surface area contributed by atoms with Crippen molar-refractivity contribution in [1.82, 2.24) is 14.4 Å². The molecule has 0 radical (unpaired) electrons. The number of hydrogen-bond acceptors (Lipinski definition) is 8. The zero-order valence-electron chi connectivity index (χ0n) is 24.7. The van der Waals surface area contributed by atoms with Crippen molar-refractivity contribution in [3.63, 3.8) is 0 Å². The highest BCUT2D eigenvalue weighted by Crippen LogP contribution is 2.45. The second-order valence-electron chi connectivity index (χ2n) is 10.8. The summed E-state index contributed by atoms with van der Waals surface area (Å²) < 4.78 is 14.0. The van der Waals surface area contributed by atoms with Crippen LogP contribution in [0, 0.1) is 13.8 Å². The first-order valence-electron chi connectivity index (χ1n) is 14.3. The molecule has 0 bridgehead atoms. The van der Waals surface area contributed by atoms with Gasteiger partial charge in [-0.25, -0.2) is 9.97 Å². The number of anilines is 1. The summed E-state index contributed by atoms with van der Waals surface area (Å²) in [6.45, 7) is 4.13. The number of fused-ring (bicyclic) bond motifs is 2. The van der Waals surface area contributed by atoms with Gasteiger partial charge in [-0.05, 0) is 66.9 Å². The van der Waals surface area contributed by atoms with Gasteiger partial charge in [0.05, 0.1) is 34.6 Å². The molecule has 1 amide bonds. The van der Waals surface area contributed by atoms with E-state index in [0.717, 1.165) is 15.8 Å². The van der Waals surface area contributed by atoms with Crippen molar-refractivity contribution in [2.75, 3.05) is 12.0 Å². The molecule has 224 valence electrons. The molecule has 1 aliphatic rings. The molecule has 1 aliphatic heterocycles. The van der Waals surface area contributed by atoms with E-state index in [1.807, 2.05) is 73.0 Å². The molecule has 45 heavy (non-hydrogen) atoms. The predicted molar refractivity (Wildman–Crippen MR) is 173 cm³/mol. The molecule has 0 spiro atoms. The molecule has 3 aromatic carbocycles. The average molecular weight is 617 g/mol. The Kier molecular flexibility index (Phi) is 7.06. The zero-order chi connectivity index (χ0) is 31.2. The smallest absolute Gasteiger partial charge is 0.301 e. The van der Waals surface area contributed by atoms with Crippen LogP contribution in [0.2, 0.25) is 0 Å². The standard InChI is InChI=1S/C35H28N4O5S/c1-20-8-7-17-38-21(2)29(37-33(20)38)31(40)28-30(23-11-13-24(14-12-23)44-19-22-9-5-4-6-10-22)39(34(42)32(28)41)35-36-26-16-15-25(43-3)18-27(26)45-35/h4-18,30,40H,19H2,1-3H3/b31-28+. The van der Waals surface area contributed by atoms with Gasteiger partial charge in [-0.15, -0.1) is 0 Å². The number of carbonyl (C=O) groups excluding carboxylic acids is 2. The number of methoxy groups -OCH3 is 1. The highest BCUT2D eigenvalue weighted by atomic mass is 32.1. The van der Waals surface area contributed by atoms with Crippen LogP contribution in [0.25, 0.3) is 21.6 Å². The highest BCUT2D eigenvalue weighted by molar-refractivity contribution is 7.22. The Balaban J connectivity index is 1.35. The third kappa shape index (κ3) is 4.89. The molecule has 7 rings (SSSR count). The fourth-order valence-corrected chi connectivity index (χ4v) is 6.65. The Hall–Kier alpha value is -5.48. The Bertz CT molecular complexity index is 2130. The first-order valence-corrected chi connectivity index (χ1v) is 15.1. The van der Waals surface area contributed by atoms with Gasteiger partial charge >= 0.3 is 5.91 Å². The second-order valence-corrected chi connectivity index (χ2v) is 11.8. The number of amides is 1. The number of ketones is 1. The molecule has 6 aromatic rings. The number of aliphatic hydroxyl groups excluding tert-OH is 1. The summed E-state index contributed by atoms with van der Waals surface area (Å²) in [5.74, 6) is -0.659. The van der Waals surface area contributed by atoms with E-state index < -0.39 is 17.7 Å². The number of pyridine rings is 1. The normalized spacial score (nSPS) is 16.2. The molecular weight excluding hydrogens is 588 g/mol. The van der Waals surface area contributed by atoms with E-state index in [1.165, 1.54) is 16.2 Å². The molecule has 1 unspecified atom stereocenters. The van der Waals surface area contributed by atoms with Crippen molar-refractivity contribution < 1.29 is 24.2 Å². The van der Waals surface area contributed by atoms with Crippen LogP contribution in [0.3, 0.4) is 0 Å². The Morgan fingerprint density at radius 3 is 2.42 bits per heavy atom. The van der Waals surface area contributed by atoms with Crippen LogP contribution in [0.4, 0.5) is 5.13 Å². The minimum absolute atomic E-state index is 0.0565. The number of nitrogens with zero attached hydrogens (tertiary/aromatic N) is 4. The van der Waals surface area contributed by atoms with Crippen LogP contribution in [-0.4, -0.2) is 38.3 Å². The molecule has 4 heterocycles. The lowest BCUT2D eigenvalue weighted by molar-refractivity contribution is -0.132. The monoisotopic (exact) mass is 616 g/mol. The fraction of sp³-hybridized carbons (Fsp3) is 0.143. The first-order chi connectivity index (χ1) is 21.8. The number of rotatable bonds is 7. The van der Waals surface area contributed by atoms with Gasteiger partial charge in [0.25, 0.3) is 5.78 Å². The van der Waals surface area contributed by atoms with Crippen LogP contribution in [-0.2, 0) is 16.2 Å². The number of Topliss-reactive ketones (excluding diaryl/α,β-unsaturated/α-hetero) is 1. The molecule has 0 aliphatic carbocycles. The van der Waals surface area contributed by atoms with E-state index >= 15 is 0 Å². The minimum Gasteiger partial charge on any atom is -0.505 e. The van der Waals surface area contributed by atoms with Gasteiger partial charge < -0.3 is 19.0 Å². The third-order valence-corrected chi connectivity index (χ3v) is 9.00. The van der Waals surface area contributed by atoms with Crippen molar-refractivity contribution in [2.45, 2.75) is 26.5 Å². The Morgan fingerprint density at radius 1 is 0.933 bits per heavy atom. The summed E-state index contributed by atoms with van der Waals surface area (Å²) in [6, 6.07) is 25.3. The highest BCUT2D eigenvalue weighted by Gasteiger charge is 2.48. The molecule has 10 heteroatoms. The zero-order valence-corrected chi connectivity index (χ0v) is 25.5. The quantitative estimate of drug-likeness (QED) is 0.120. The Morgan fingerprint density at radius 2 is 1.69 bits per heavy atom. The van der Waals surface area contributed by atoms with Crippen molar-refractivity contribution in [3.8, 4) is 11.5 Å². The summed E-state index contributed by atoms with van der Waals surface area (Å²) in [4.78, 5) is 38.4. The third-order valence-electron chi connectivity index (χ3n) is 7.99. The molecular formula is C35H28N4O5S. The van der Waals surface area contributed by atoms with E-state index in [1.54, 1.807) is 43.5 Å². The van der Waals surface area contributed by atoms with E-state index in [9.17, 15) is 14.7 Å². The van der Waals surface area contributed by atoms with E-state index in [-0.39, 0.29) is 17.0 Å². The molecule has 9 nitrogen and oxygen atoms in total. The van der Waals surface area contributed by atoms with Crippen LogP contribution in [0.15, 0.2) is 96.7 Å². The van der Waals surface area contributed by atoms with E-state index in [0.29, 0.717) is 45.7 Å². The minimum atomic E-state index is -0.957. The number of aryl methyl sites for hydroxylation is 2. The summed E-state index contributed by atoms with van der Waals surface area (Å²) in [5, 5.41) is 12.1. The van der Waals surface area contributed by atoms with Crippen LogP contribution in [0.5, 0.6) is 11.5 Å². The second kappa shape index (κ2) is 11.2. The van der Waals surface area contributed by atoms with Crippen molar-refractivity contribution in [2.24, 2.45) is 0 Å². The summed E-state index contributed by atoms with van der Waals surface area (Å²) in [5.41, 5.74) is 4.69. The van der Waals surface area contributed by atoms with Gasteiger partial charge in [-0.2, -0.15) is 0 Å².